The monoisotopic (exact) mass is 459 g/mol. The van der Waals surface area contributed by atoms with Gasteiger partial charge in [-0.25, -0.2) is 9.38 Å². The van der Waals surface area contributed by atoms with Crippen LogP contribution in [0.15, 0.2) is 71.7 Å². The first-order valence-electron chi connectivity index (χ1n) is 11.6. The first-order valence-corrected chi connectivity index (χ1v) is 11.6. The van der Waals surface area contributed by atoms with E-state index in [4.69, 9.17) is 4.74 Å². The summed E-state index contributed by atoms with van der Waals surface area (Å²) in [4.78, 5) is 20.8. The second-order valence-electron chi connectivity index (χ2n) is 8.60. The summed E-state index contributed by atoms with van der Waals surface area (Å²) in [6.45, 7) is 2.16. The van der Waals surface area contributed by atoms with E-state index in [1.165, 1.54) is 28.8 Å². The first kappa shape index (κ1) is 23.5. The number of anilines is 2. The van der Waals surface area contributed by atoms with Crippen LogP contribution in [0, 0.1) is 5.82 Å². The molecule has 0 saturated carbocycles. The minimum Gasteiger partial charge on any atom is -0.465 e. The number of esters is 1. The molecule has 0 atom stereocenters. The molecule has 0 amide bonds. The molecule has 0 aromatic heterocycles. The van der Waals surface area contributed by atoms with Crippen molar-refractivity contribution in [3.05, 3.63) is 89.2 Å². The van der Waals surface area contributed by atoms with Crippen LogP contribution < -0.4 is 4.90 Å². The molecular formula is C28H30FN3O2. The molecule has 0 spiro atoms. The second-order valence-corrected chi connectivity index (χ2v) is 8.60. The molecule has 3 aromatic rings. The van der Waals surface area contributed by atoms with Crippen LogP contribution in [0.5, 0.6) is 0 Å². The highest BCUT2D eigenvalue weighted by atomic mass is 19.1. The van der Waals surface area contributed by atoms with E-state index < -0.39 is 0 Å². The molecule has 1 aliphatic rings. The van der Waals surface area contributed by atoms with Gasteiger partial charge in [0.1, 0.15) is 18.2 Å². The number of carbonyl (C=O) groups is 1. The number of benzene rings is 3. The van der Waals surface area contributed by atoms with Crippen molar-refractivity contribution in [3.8, 4) is 0 Å². The lowest BCUT2D eigenvalue weighted by atomic mass is 10.0. The van der Waals surface area contributed by atoms with Crippen molar-refractivity contribution in [3.63, 3.8) is 0 Å². The molecule has 176 valence electrons. The van der Waals surface area contributed by atoms with Crippen LogP contribution in [-0.2, 0) is 28.8 Å². The van der Waals surface area contributed by atoms with Crippen molar-refractivity contribution in [2.75, 3.05) is 32.1 Å². The highest BCUT2D eigenvalue weighted by molar-refractivity contribution is 5.92. The molecule has 0 saturated heterocycles. The van der Waals surface area contributed by atoms with E-state index >= 15 is 0 Å². The van der Waals surface area contributed by atoms with Gasteiger partial charge in [0.15, 0.2) is 0 Å². The summed E-state index contributed by atoms with van der Waals surface area (Å²) < 4.78 is 18.6. The fourth-order valence-corrected chi connectivity index (χ4v) is 4.07. The van der Waals surface area contributed by atoms with Crippen molar-refractivity contribution in [1.82, 2.24) is 4.90 Å². The molecule has 3 aromatic carbocycles. The number of likely N-dealkylation sites (N-methyl/N-ethyl adjacent to an activating group) is 1. The Balaban J connectivity index is 1.44. The molecule has 0 bridgehead atoms. The predicted molar refractivity (Wildman–Crippen MR) is 135 cm³/mol. The lowest BCUT2D eigenvalue weighted by Gasteiger charge is -2.24. The maximum Gasteiger partial charge on any atom is 0.325 e. The fraction of sp³-hybridized carbons (Fsp3) is 0.286. The number of amidine groups is 1. The van der Waals surface area contributed by atoms with Crippen LogP contribution in [0.25, 0.3) is 0 Å². The Labute approximate surface area is 200 Å². The molecule has 4 rings (SSSR count). The zero-order chi connectivity index (χ0) is 24.1. The summed E-state index contributed by atoms with van der Waals surface area (Å²) in [5.74, 6) is 0.455. The number of halogens is 1. The van der Waals surface area contributed by atoms with Gasteiger partial charge in [-0.1, -0.05) is 24.3 Å². The minimum atomic E-state index is -0.325. The Kier molecular flexibility index (Phi) is 7.26. The number of fused-ring (bicyclic) bond motifs is 1. The van der Waals surface area contributed by atoms with E-state index in [0.717, 1.165) is 42.2 Å². The third-order valence-corrected chi connectivity index (χ3v) is 5.94. The molecule has 0 unspecified atom stereocenters. The SMILES string of the molecule is CCOC(=O)CN(c1ccc(F)cc1)c1ccc(CCc2ccc3c(c2)CC(N(C)C)=N3)cc1. The van der Waals surface area contributed by atoms with Crippen molar-refractivity contribution in [2.45, 2.75) is 26.2 Å². The summed E-state index contributed by atoms with van der Waals surface area (Å²) in [5.41, 5.74) is 6.46. The summed E-state index contributed by atoms with van der Waals surface area (Å²) in [7, 11) is 4.05. The first-order chi connectivity index (χ1) is 16.4. The zero-order valence-electron chi connectivity index (χ0n) is 19.9. The summed E-state index contributed by atoms with van der Waals surface area (Å²) in [6.07, 6.45) is 2.73. The summed E-state index contributed by atoms with van der Waals surface area (Å²) >= 11 is 0. The highest BCUT2D eigenvalue weighted by Gasteiger charge is 2.17. The molecular weight excluding hydrogens is 429 g/mol. The Bertz CT molecular complexity index is 1170. The Hall–Kier alpha value is -3.67. The molecule has 0 aliphatic carbocycles. The van der Waals surface area contributed by atoms with Crippen LogP contribution >= 0.6 is 0 Å². The van der Waals surface area contributed by atoms with Gasteiger partial charge in [0.25, 0.3) is 0 Å². The van der Waals surface area contributed by atoms with Crippen LogP contribution in [0.3, 0.4) is 0 Å². The third kappa shape index (κ3) is 5.63. The van der Waals surface area contributed by atoms with Gasteiger partial charge in [-0.3, -0.25) is 4.79 Å². The van der Waals surface area contributed by atoms with Gasteiger partial charge in [-0.2, -0.15) is 0 Å². The number of rotatable bonds is 8. The van der Waals surface area contributed by atoms with E-state index in [1.807, 2.05) is 31.1 Å². The molecule has 1 aliphatic heterocycles. The predicted octanol–water partition coefficient (Wildman–Crippen LogP) is 5.46. The van der Waals surface area contributed by atoms with E-state index in [0.29, 0.717) is 6.61 Å². The average molecular weight is 460 g/mol. The van der Waals surface area contributed by atoms with Crippen molar-refractivity contribution in [1.29, 1.82) is 0 Å². The summed E-state index contributed by atoms with van der Waals surface area (Å²) in [6, 6.07) is 20.8. The molecule has 34 heavy (non-hydrogen) atoms. The average Bonchev–Trinajstić information content (AvgIpc) is 3.26. The number of ether oxygens (including phenoxy) is 1. The van der Waals surface area contributed by atoms with E-state index in [1.54, 1.807) is 19.1 Å². The minimum absolute atomic E-state index is 0.0605. The largest absolute Gasteiger partial charge is 0.465 e. The molecule has 0 fully saturated rings. The van der Waals surface area contributed by atoms with Crippen molar-refractivity contribution in [2.24, 2.45) is 4.99 Å². The molecule has 0 radical (unpaired) electrons. The standard InChI is InChI=1S/C28H30FN3O2/c1-4-34-28(33)19-32(25-14-10-23(29)11-15-25)24-12-7-20(8-13-24)5-6-21-9-16-26-22(17-21)18-27(30-26)31(2)3/h7-17H,4-6,18-19H2,1-3H3. The van der Waals surface area contributed by atoms with E-state index in [2.05, 4.69) is 40.2 Å². The quantitative estimate of drug-likeness (QED) is 0.420. The Morgan fingerprint density at radius 1 is 0.941 bits per heavy atom. The fourth-order valence-electron chi connectivity index (χ4n) is 4.07. The van der Waals surface area contributed by atoms with Gasteiger partial charge < -0.3 is 14.5 Å². The number of aryl methyl sites for hydroxylation is 2. The lowest BCUT2D eigenvalue weighted by Crippen LogP contribution is -2.26. The van der Waals surface area contributed by atoms with Gasteiger partial charge in [0.2, 0.25) is 0 Å². The number of nitrogens with zero attached hydrogens (tertiary/aromatic N) is 3. The third-order valence-electron chi connectivity index (χ3n) is 5.94. The Morgan fingerprint density at radius 2 is 1.56 bits per heavy atom. The number of hydrogen-bond acceptors (Lipinski definition) is 5. The molecule has 5 nitrogen and oxygen atoms in total. The van der Waals surface area contributed by atoms with Crippen LogP contribution in [-0.4, -0.2) is 44.0 Å². The van der Waals surface area contributed by atoms with E-state index in [-0.39, 0.29) is 18.3 Å². The van der Waals surface area contributed by atoms with Gasteiger partial charge in [0.05, 0.1) is 12.3 Å². The van der Waals surface area contributed by atoms with Crippen LogP contribution in [0.2, 0.25) is 0 Å². The second kappa shape index (κ2) is 10.5. The molecule has 1 heterocycles. The normalized spacial score (nSPS) is 12.2. The molecule has 6 heteroatoms. The number of hydrogen-bond donors (Lipinski definition) is 0. The van der Waals surface area contributed by atoms with Crippen molar-refractivity contribution >= 4 is 28.9 Å². The van der Waals surface area contributed by atoms with E-state index in [9.17, 15) is 9.18 Å². The van der Waals surface area contributed by atoms with Gasteiger partial charge in [-0.15, -0.1) is 0 Å². The van der Waals surface area contributed by atoms with Crippen LogP contribution in [0.1, 0.15) is 23.6 Å². The van der Waals surface area contributed by atoms with Gasteiger partial charge in [0, 0.05) is 31.9 Å². The number of carbonyl (C=O) groups excluding carboxylic acids is 1. The zero-order valence-corrected chi connectivity index (χ0v) is 19.9. The Morgan fingerprint density at radius 3 is 2.21 bits per heavy atom. The molecule has 0 N–H and O–H groups in total. The highest BCUT2D eigenvalue weighted by Crippen LogP contribution is 2.29. The van der Waals surface area contributed by atoms with Gasteiger partial charge >= 0.3 is 5.97 Å². The lowest BCUT2D eigenvalue weighted by molar-refractivity contribution is -0.141. The van der Waals surface area contributed by atoms with Crippen LogP contribution in [0.4, 0.5) is 21.5 Å². The topological polar surface area (TPSA) is 45.1 Å². The van der Waals surface area contributed by atoms with Gasteiger partial charge in [-0.05, 0) is 78.9 Å². The maximum atomic E-state index is 13.4. The maximum absolute atomic E-state index is 13.4. The number of aliphatic imine (C=N–C) groups is 1. The van der Waals surface area contributed by atoms with Crippen molar-refractivity contribution < 1.29 is 13.9 Å². The summed E-state index contributed by atoms with van der Waals surface area (Å²) in [5, 5.41) is 0. The smallest absolute Gasteiger partial charge is 0.325 e.